The van der Waals surface area contributed by atoms with Crippen molar-refractivity contribution in [2.24, 2.45) is 4.99 Å². The van der Waals surface area contributed by atoms with Gasteiger partial charge in [-0.1, -0.05) is 0 Å². The Kier molecular flexibility index (Phi) is 4.19. The fourth-order valence-corrected chi connectivity index (χ4v) is 1.97. The van der Waals surface area contributed by atoms with Crippen LogP contribution in [0.1, 0.15) is 34.2 Å². The molecule has 0 spiro atoms. The summed E-state index contributed by atoms with van der Waals surface area (Å²) >= 11 is 0. The van der Waals surface area contributed by atoms with Gasteiger partial charge >= 0.3 is 0 Å². The Balaban J connectivity index is 2.35. The largest absolute Gasteiger partial charge is 0.497 e. The van der Waals surface area contributed by atoms with Crippen LogP contribution in [0.25, 0.3) is 0 Å². The molecule has 0 atom stereocenters. The molecule has 0 unspecified atom stereocenters. The van der Waals surface area contributed by atoms with Gasteiger partial charge in [0.25, 0.3) is 0 Å². The van der Waals surface area contributed by atoms with Crippen molar-refractivity contribution in [3.8, 4) is 11.8 Å². The van der Waals surface area contributed by atoms with E-state index in [1.165, 1.54) is 6.92 Å². The summed E-state index contributed by atoms with van der Waals surface area (Å²) in [5.41, 5.74) is 1.29. The van der Waals surface area contributed by atoms with Crippen molar-refractivity contribution < 1.29 is 13.9 Å². The molecular formula is C16H14N2O3. The second kappa shape index (κ2) is 6.06. The number of aliphatic imine (C=N–C) groups is 1. The van der Waals surface area contributed by atoms with Crippen molar-refractivity contribution in [3.05, 3.63) is 46.7 Å². The molecule has 1 heterocycles. The van der Waals surface area contributed by atoms with Crippen molar-refractivity contribution in [2.75, 3.05) is 7.11 Å². The van der Waals surface area contributed by atoms with E-state index in [2.05, 4.69) is 4.99 Å². The van der Waals surface area contributed by atoms with Crippen LogP contribution in [0, 0.1) is 18.3 Å². The lowest BCUT2D eigenvalue weighted by atomic mass is 10.1. The Morgan fingerprint density at radius 2 is 2.05 bits per heavy atom. The SMILES string of the molecule is COc1ccc(C=Nc2oc(C)c(C(C)=O)c2C#N)cc1. The Labute approximate surface area is 122 Å². The van der Waals surface area contributed by atoms with Gasteiger partial charge in [0.05, 0.1) is 12.7 Å². The van der Waals surface area contributed by atoms with Crippen LogP contribution in [0.15, 0.2) is 33.7 Å². The maximum atomic E-state index is 11.5. The molecule has 5 heteroatoms. The monoisotopic (exact) mass is 282 g/mol. The fourth-order valence-electron chi connectivity index (χ4n) is 1.97. The molecule has 0 amide bonds. The number of furan rings is 1. The minimum absolute atomic E-state index is 0.149. The van der Waals surface area contributed by atoms with Crippen LogP contribution in [0.3, 0.4) is 0 Å². The summed E-state index contributed by atoms with van der Waals surface area (Å²) in [5, 5.41) is 9.17. The van der Waals surface area contributed by atoms with Crippen LogP contribution in [0.2, 0.25) is 0 Å². The van der Waals surface area contributed by atoms with E-state index in [0.717, 1.165) is 11.3 Å². The van der Waals surface area contributed by atoms with Crippen molar-refractivity contribution in [3.63, 3.8) is 0 Å². The smallest absolute Gasteiger partial charge is 0.237 e. The minimum Gasteiger partial charge on any atom is -0.497 e. The number of aryl methyl sites for hydroxylation is 1. The molecule has 21 heavy (non-hydrogen) atoms. The lowest BCUT2D eigenvalue weighted by Crippen LogP contribution is -1.94. The molecule has 2 rings (SSSR count). The van der Waals surface area contributed by atoms with Crippen molar-refractivity contribution in [2.45, 2.75) is 13.8 Å². The van der Waals surface area contributed by atoms with E-state index in [-0.39, 0.29) is 17.2 Å². The van der Waals surface area contributed by atoms with Crippen molar-refractivity contribution in [1.82, 2.24) is 0 Å². The maximum Gasteiger partial charge on any atom is 0.237 e. The van der Waals surface area contributed by atoms with Gasteiger partial charge in [-0.3, -0.25) is 4.79 Å². The maximum absolute atomic E-state index is 11.5. The molecule has 0 saturated carbocycles. The quantitative estimate of drug-likeness (QED) is 0.636. The molecule has 0 bridgehead atoms. The zero-order valence-electron chi connectivity index (χ0n) is 12.0. The zero-order chi connectivity index (χ0) is 15.4. The fraction of sp³-hybridized carbons (Fsp3) is 0.188. The molecule has 0 N–H and O–H groups in total. The van der Waals surface area contributed by atoms with Gasteiger partial charge in [-0.05, 0) is 43.7 Å². The number of methoxy groups -OCH3 is 1. The Bertz CT molecular complexity index is 734. The number of ketones is 1. The highest BCUT2D eigenvalue weighted by Crippen LogP contribution is 2.29. The van der Waals surface area contributed by atoms with E-state index in [1.807, 2.05) is 18.2 Å². The molecule has 0 saturated heterocycles. The molecule has 0 fully saturated rings. The highest BCUT2D eigenvalue weighted by Gasteiger charge is 2.20. The number of hydrogen-bond acceptors (Lipinski definition) is 5. The minimum atomic E-state index is -0.210. The first-order valence-corrected chi connectivity index (χ1v) is 6.29. The number of rotatable bonds is 4. The molecule has 0 aliphatic heterocycles. The second-order valence-corrected chi connectivity index (χ2v) is 4.41. The van der Waals surface area contributed by atoms with Crippen LogP contribution < -0.4 is 4.74 Å². The molecule has 5 nitrogen and oxygen atoms in total. The summed E-state index contributed by atoms with van der Waals surface area (Å²) in [6.45, 7) is 3.04. The lowest BCUT2D eigenvalue weighted by Gasteiger charge is -1.98. The Morgan fingerprint density at radius 3 is 2.57 bits per heavy atom. The third-order valence-corrected chi connectivity index (χ3v) is 2.98. The summed E-state index contributed by atoms with van der Waals surface area (Å²) in [5.74, 6) is 1.09. The number of nitrogens with zero attached hydrogens (tertiary/aromatic N) is 2. The number of ether oxygens (including phenoxy) is 1. The molecule has 0 radical (unpaired) electrons. The van der Waals surface area contributed by atoms with E-state index in [1.54, 1.807) is 32.4 Å². The predicted octanol–water partition coefficient (Wildman–Crippen LogP) is 3.42. The number of carbonyl (C=O) groups excluding carboxylic acids is 1. The van der Waals surface area contributed by atoms with Crippen molar-refractivity contribution >= 4 is 17.9 Å². The molecular weight excluding hydrogens is 268 g/mol. The summed E-state index contributed by atoms with van der Waals surface area (Å²) < 4.78 is 10.5. The molecule has 106 valence electrons. The number of nitriles is 1. The van der Waals surface area contributed by atoms with Gasteiger partial charge in [-0.15, -0.1) is 0 Å². The van der Waals surface area contributed by atoms with E-state index < -0.39 is 0 Å². The van der Waals surface area contributed by atoms with Gasteiger partial charge in [0, 0.05) is 6.21 Å². The zero-order valence-corrected chi connectivity index (χ0v) is 12.0. The van der Waals surface area contributed by atoms with Crippen LogP contribution in [0.5, 0.6) is 5.75 Å². The van der Waals surface area contributed by atoms with Crippen LogP contribution in [-0.4, -0.2) is 19.1 Å². The van der Waals surface area contributed by atoms with E-state index in [4.69, 9.17) is 9.15 Å². The summed E-state index contributed by atoms with van der Waals surface area (Å²) in [6.07, 6.45) is 1.57. The number of carbonyl (C=O) groups is 1. The van der Waals surface area contributed by atoms with Crippen LogP contribution in [0.4, 0.5) is 5.88 Å². The van der Waals surface area contributed by atoms with Crippen molar-refractivity contribution in [1.29, 1.82) is 5.26 Å². The van der Waals surface area contributed by atoms with Gasteiger partial charge in [0.1, 0.15) is 23.1 Å². The molecule has 0 aliphatic carbocycles. The standard InChI is InChI=1S/C16H14N2O3/c1-10(19)15-11(2)21-16(14(15)8-17)18-9-12-4-6-13(20-3)7-5-12/h4-7,9H,1-3H3. The first kappa shape index (κ1) is 14.5. The average Bonchev–Trinajstić information content (AvgIpc) is 2.81. The highest BCUT2D eigenvalue weighted by atomic mass is 16.5. The number of hydrogen-bond donors (Lipinski definition) is 0. The summed E-state index contributed by atoms with van der Waals surface area (Å²) in [6, 6.07) is 9.24. The van der Waals surface area contributed by atoms with E-state index in [0.29, 0.717) is 11.3 Å². The third-order valence-electron chi connectivity index (χ3n) is 2.98. The second-order valence-electron chi connectivity index (χ2n) is 4.41. The molecule has 0 aliphatic rings. The number of benzene rings is 1. The van der Waals surface area contributed by atoms with Gasteiger partial charge in [-0.2, -0.15) is 5.26 Å². The summed E-state index contributed by atoms with van der Waals surface area (Å²) in [4.78, 5) is 15.7. The average molecular weight is 282 g/mol. The van der Waals surface area contributed by atoms with Gasteiger partial charge in [-0.25, -0.2) is 4.99 Å². The lowest BCUT2D eigenvalue weighted by molar-refractivity contribution is 0.101. The van der Waals surface area contributed by atoms with Crippen LogP contribution >= 0.6 is 0 Å². The molecule has 1 aromatic heterocycles. The first-order valence-electron chi connectivity index (χ1n) is 6.29. The van der Waals surface area contributed by atoms with E-state index >= 15 is 0 Å². The Hall–Kier alpha value is -2.87. The van der Waals surface area contributed by atoms with E-state index in [9.17, 15) is 10.1 Å². The third kappa shape index (κ3) is 3.00. The first-order chi connectivity index (χ1) is 10.1. The predicted molar refractivity (Wildman–Crippen MR) is 78.4 cm³/mol. The van der Waals surface area contributed by atoms with Gasteiger partial charge < -0.3 is 9.15 Å². The topological polar surface area (TPSA) is 75.6 Å². The summed E-state index contributed by atoms with van der Waals surface area (Å²) in [7, 11) is 1.59. The molecule has 2 aromatic rings. The molecule has 1 aromatic carbocycles. The number of Topliss-reactive ketones (excluding diaryl/α,β-unsaturated/α-hetero) is 1. The highest BCUT2D eigenvalue weighted by molar-refractivity contribution is 5.99. The van der Waals surface area contributed by atoms with Gasteiger partial charge in [0.2, 0.25) is 5.88 Å². The van der Waals surface area contributed by atoms with Gasteiger partial charge in [0.15, 0.2) is 5.78 Å². The van der Waals surface area contributed by atoms with Crippen LogP contribution in [-0.2, 0) is 0 Å². The normalized spacial score (nSPS) is 10.6. The Morgan fingerprint density at radius 1 is 1.38 bits per heavy atom.